The van der Waals surface area contributed by atoms with Crippen LogP contribution in [0.3, 0.4) is 0 Å². The van der Waals surface area contributed by atoms with Crippen molar-refractivity contribution in [1.29, 1.82) is 0 Å². The van der Waals surface area contributed by atoms with Gasteiger partial charge in [0.2, 0.25) is 5.95 Å². The second-order valence-corrected chi connectivity index (χ2v) is 5.96. The summed E-state index contributed by atoms with van der Waals surface area (Å²) < 4.78 is 4.71. The normalized spacial score (nSPS) is 10.2. The van der Waals surface area contributed by atoms with Crippen LogP contribution in [0.15, 0.2) is 60.9 Å². The molecule has 0 saturated heterocycles. The number of hydrogen-bond donors (Lipinski definition) is 2. The number of para-hydroxylation sites is 1. The molecule has 3 aromatic rings. The molecule has 0 unspecified atom stereocenters. The molecule has 28 heavy (non-hydrogen) atoms. The molecular formula is C21H20N4O3. The Morgan fingerprint density at radius 1 is 1.00 bits per heavy atom. The Hall–Kier alpha value is -3.74. The van der Waals surface area contributed by atoms with Crippen LogP contribution in [0.2, 0.25) is 0 Å². The van der Waals surface area contributed by atoms with E-state index in [1.165, 1.54) is 19.5 Å². The van der Waals surface area contributed by atoms with Crippen molar-refractivity contribution in [3.05, 3.63) is 77.6 Å². The highest BCUT2D eigenvalue weighted by atomic mass is 16.5. The first-order valence-electron chi connectivity index (χ1n) is 8.77. The Morgan fingerprint density at radius 3 is 2.46 bits per heavy atom. The first-order valence-corrected chi connectivity index (χ1v) is 8.77. The first kappa shape index (κ1) is 19.0. The first-order chi connectivity index (χ1) is 13.6. The summed E-state index contributed by atoms with van der Waals surface area (Å²) in [7, 11) is 1.33. The van der Waals surface area contributed by atoms with Crippen molar-refractivity contribution in [1.82, 2.24) is 9.97 Å². The zero-order valence-electron chi connectivity index (χ0n) is 15.6. The number of methoxy groups -OCH3 is 1. The zero-order chi connectivity index (χ0) is 19.9. The molecule has 7 nitrogen and oxygen atoms in total. The summed E-state index contributed by atoms with van der Waals surface area (Å²) in [5.74, 6) is -0.392. The van der Waals surface area contributed by atoms with E-state index in [0.717, 1.165) is 17.7 Å². The Balaban J connectivity index is 1.70. The minimum absolute atomic E-state index is 0.278. The molecule has 0 bridgehead atoms. The predicted octanol–water partition coefficient (Wildman–Crippen LogP) is 3.82. The Kier molecular flexibility index (Phi) is 5.96. The van der Waals surface area contributed by atoms with Gasteiger partial charge in [-0.2, -0.15) is 0 Å². The van der Waals surface area contributed by atoms with Crippen LogP contribution in [0.1, 0.15) is 33.2 Å². The second-order valence-electron chi connectivity index (χ2n) is 5.96. The number of nitrogens with one attached hydrogen (secondary N) is 2. The highest BCUT2D eigenvalue weighted by Crippen LogP contribution is 2.18. The fourth-order valence-corrected chi connectivity index (χ4v) is 2.63. The molecule has 2 aromatic carbocycles. The number of nitrogens with zero attached hydrogens (tertiary/aromatic N) is 2. The fourth-order valence-electron chi connectivity index (χ4n) is 2.63. The number of carbonyl (C=O) groups excluding carboxylic acids is 2. The third kappa shape index (κ3) is 4.50. The number of hydrogen-bond acceptors (Lipinski definition) is 6. The molecule has 0 radical (unpaired) electrons. The minimum atomic E-state index is -0.427. The zero-order valence-corrected chi connectivity index (χ0v) is 15.6. The standard InChI is InChI=1S/C21H20N4O3/c1-3-14-7-4-5-10-18(14)25-19(26)16-12-22-21(23-13-16)24-17-9-6-8-15(11-17)20(27)28-2/h4-13H,3H2,1-2H3,(H,25,26)(H,22,23,24). The maximum atomic E-state index is 12.4. The topological polar surface area (TPSA) is 93.2 Å². The van der Waals surface area contributed by atoms with Gasteiger partial charge in [0.05, 0.1) is 18.2 Å². The highest BCUT2D eigenvalue weighted by molar-refractivity contribution is 6.04. The summed E-state index contributed by atoms with van der Waals surface area (Å²) in [6.45, 7) is 2.03. The van der Waals surface area contributed by atoms with Gasteiger partial charge in [0.1, 0.15) is 0 Å². The van der Waals surface area contributed by atoms with Gasteiger partial charge >= 0.3 is 5.97 Å². The van der Waals surface area contributed by atoms with E-state index in [1.54, 1.807) is 24.3 Å². The van der Waals surface area contributed by atoms with E-state index in [9.17, 15) is 9.59 Å². The van der Waals surface area contributed by atoms with E-state index in [1.807, 2.05) is 31.2 Å². The Labute approximate surface area is 162 Å². The van der Waals surface area contributed by atoms with Crippen LogP contribution in [-0.2, 0) is 11.2 Å². The highest BCUT2D eigenvalue weighted by Gasteiger charge is 2.10. The van der Waals surface area contributed by atoms with Gasteiger partial charge < -0.3 is 15.4 Å². The summed E-state index contributed by atoms with van der Waals surface area (Å²) in [4.78, 5) is 32.4. The number of anilines is 3. The summed E-state index contributed by atoms with van der Waals surface area (Å²) in [5, 5.41) is 5.88. The van der Waals surface area contributed by atoms with Crippen molar-refractivity contribution >= 4 is 29.2 Å². The molecule has 0 spiro atoms. The maximum Gasteiger partial charge on any atom is 0.337 e. The summed E-state index contributed by atoms with van der Waals surface area (Å²) in [6.07, 6.45) is 3.72. The van der Waals surface area contributed by atoms with Crippen molar-refractivity contribution in [3.8, 4) is 0 Å². The van der Waals surface area contributed by atoms with Gasteiger partial charge in [-0.15, -0.1) is 0 Å². The van der Waals surface area contributed by atoms with Crippen LogP contribution in [-0.4, -0.2) is 29.0 Å². The van der Waals surface area contributed by atoms with Crippen molar-refractivity contribution in [3.63, 3.8) is 0 Å². The summed E-state index contributed by atoms with van der Waals surface area (Å²) >= 11 is 0. The molecule has 1 amide bonds. The SMILES string of the molecule is CCc1ccccc1NC(=O)c1cnc(Nc2cccc(C(=O)OC)c2)nc1. The van der Waals surface area contributed by atoms with Crippen molar-refractivity contribution < 1.29 is 14.3 Å². The van der Waals surface area contributed by atoms with Gasteiger partial charge in [0.15, 0.2) is 0 Å². The third-order valence-corrected chi connectivity index (χ3v) is 4.10. The number of aryl methyl sites for hydroxylation is 1. The maximum absolute atomic E-state index is 12.4. The fraction of sp³-hybridized carbons (Fsp3) is 0.143. The minimum Gasteiger partial charge on any atom is -0.465 e. The molecule has 0 aliphatic heterocycles. The molecule has 0 fully saturated rings. The quantitative estimate of drug-likeness (QED) is 0.635. The van der Waals surface area contributed by atoms with Gasteiger partial charge in [-0.05, 0) is 36.2 Å². The molecule has 7 heteroatoms. The molecule has 2 N–H and O–H groups in total. The van der Waals surface area contributed by atoms with Gasteiger partial charge in [-0.3, -0.25) is 4.79 Å². The molecule has 0 aliphatic rings. The number of aromatic nitrogens is 2. The van der Waals surface area contributed by atoms with Crippen LogP contribution in [0.25, 0.3) is 0 Å². The molecule has 1 heterocycles. The summed E-state index contributed by atoms with van der Waals surface area (Å²) in [5.41, 5.74) is 3.23. The van der Waals surface area contributed by atoms with E-state index < -0.39 is 5.97 Å². The van der Waals surface area contributed by atoms with Crippen molar-refractivity contribution in [2.45, 2.75) is 13.3 Å². The second kappa shape index (κ2) is 8.77. The van der Waals surface area contributed by atoms with E-state index in [0.29, 0.717) is 22.8 Å². The van der Waals surface area contributed by atoms with Crippen LogP contribution in [0, 0.1) is 0 Å². The Morgan fingerprint density at radius 2 is 1.75 bits per heavy atom. The molecule has 142 valence electrons. The lowest BCUT2D eigenvalue weighted by atomic mass is 10.1. The predicted molar refractivity (Wildman–Crippen MR) is 107 cm³/mol. The number of rotatable bonds is 6. The largest absolute Gasteiger partial charge is 0.465 e. The molecule has 0 aliphatic carbocycles. The molecule has 0 saturated carbocycles. The monoisotopic (exact) mass is 376 g/mol. The molecule has 1 aromatic heterocycles. The Bertz CT molecular complexity index is 987. The van der Waals surface area contributed by atoms with E-state index in [-0.39, 0.29) is 5.91 Å². The molecule has 0 atom stereocenters. The average molecular weight is 376 g/mol. The van der Waals surface area contributed by atoms with E-state index in [4.69, 9.17) is 4.74 Å². The number of benzene rings is 2. The van der Waals surface area contributed by atoms with Crippen molar-refractivity contribution in [2.75, 3.05) is 17.7 Å². The number of amides is 1. The van der Waals surface area contributed by atoms with Crippen LogP contribution in [0.5, 0.6) is 0 Å². The van der Waals surface area contributed by atoms with Gasteiger partial charge in [0, 0.05) is 23.8 Å². The van der Waals surface area contributed by atoms with E-state index in [2.05, 4.69) is 20.6 Å². The van der Waals surface area contributed by atoms with Crippen LogP contribution in [0.4, 0.5) is 17.3 Å². The summed E-state index contributed by atoms with van der Waals surface area (Å²) in [6, 6.07) is 14.4. The van der Waals surface area contributed by atoms with Gasteiger partial charge in [0.25, 0.3) is 5.91 Å². The number of ether oxygens (including phenoxy) is 1. The number of carbonyl (C=O) groups is 2. The van der Waals surface area contributed by atoms with E-state index >= 15 is 0 Å². The van der Waals surface area contributed by atoms with Crippen LogP contribution < -0.4 is 10.6 Å². The lowest BCUT2D eigenvalue weighted by Crippen LogP contribution is -2.14. The lowest BCUT2D eigenvalue weighted by Gasteiger charge is -2.10. The number of esters is 1. The average Bonchev–Trinajstić information content (AvgIpc) is 2.74. The smallest absolute Gasteiger partial charge is 0.337 e. The van der Waals surface area contributed by atoms with Gasteiger partial charge in [-0.25, -0.2) is 14.8 Å². The van der Waals surface area contributed by atoms with Crippen molar-refractivity contribution in [2.24, 2.45) is 0 Å². The van der Waals surface area contributed by atoms with Gasteiger partial charge in [-0.1, -0.05) is 31.2 Å². The molecular weight excluding hydrogens is 356 g/mol. The third-order valence-electron chi connectivity index (χ3n) is 4.10. The molecule has 3 rings (SSSR count). The lowest BCUT2D eigenvalue weighted by molar-refractivity contribution is 0.0600. The van der Waals surface area contributed by atoms with Crippen LogP contribution >= 0.6 is 0 Å².